The predicted octanol–water partition coefficient (Wildman–Crippen LogP) is 15.3. The van der Waals surface area contributed by atoms with Crippen LogP contribution in [0.15, 0.2) is 48.6 Å². The third kappa shape index (κ3) is 41.1. The Morgan fingerprint density at radius 2 is 0.803 bits per heavy atom. The van der Waals surface area contributed by atoms with E-state index in [4.69, 9.17) is 9.47 Å². The number of carbonyl (C=O) groups is 1. The average Bonchev–Trinajstić information content (AvgIpc) is 3.37. The number of unbranched alkanes of at least 4 members (excludes halogenated alkanes) is 36. The Morgan fingerprint density at radius 1 is 0.465 bits per heavy atom. The first-order valence-electron chi connectivity index (χ1n) is 30.4. The van der Waals surface area contributed by atoms with Gasteiger partial charge in [-0.1, -0.05) is 255 Å². The molecule has 1 aliphatic heterocycles. The second-order valence-corrected chi connectivity index (χ2v) is 21.1. The molecule has 7 atom stereocenters. The number of aliphatic hydroxyl groups is 5. The Bertz CT molecular complexity index is 1250. The lowest BCUT2D eigenvalue weighted by molar-refractivity contribution is -0.302. The van der Waals surface area contributed by atoms with E-state index in [0.717, 1.165) is 51.4 Å². The summed E-state index contributed by atoms with van der Waals surface area (Å²) in [5.74, 6) is -0.189. The van der Waals surface area contributed by atoms with Crippen molar-refractivity contribution in [2.24, 2.45) is 0 Å². The van der Waals surface area contributed by atoms with Crippen molar-refractivity contribution in [2.75, 3.05) is 13.2 Å². The van der Waals surface area contributed by atoms with E-state index in [1.54, 1.807) is 6.08 Å². The van der Waals surface area contributed by atoms with Crippen LogP contribution in [0.2, 0.25) is 0 Å². The monoisotopic (exact) mass is 1000 g/mol. The van der Waals surface area contributed by atoms with Crippen LogP contribution in [0.25, 0.3) is 0 Å². The van der Waals surface area contributed by atoms with Crippen molar-refractivity contribution in [2.45, 2.75) is 326 Å². The van der Waals surface area contributed by atoms with E-state index in [1.165, 1.54) is 212 Å². The topological polar surface area (TPSA) is 149 Å². The van der Waals surface area contributed by atoms with Crippen LogP contribution in [-0.4, -0.2) is 87.5 Å². The number of ether oxygens (including phenoxy) is 2. The lowest BCUT2D eigenvalue weighted by Gasteiger charge is -2.40. The quantitative estimate of drug-likeness (QED) is 0.0261. The van der Waals surface area contributed by atoms with Crippen molar-refractivity contribution < 1.29 is 39.8 Å². The molecule has 0 saturated carbocycles. The first-order chi connectivity index (χ1) is 34.8. The van der Waals surface area contributed by atoms with Crippen molar-refractivity contribution in [3.05, 3.63) is 48.6 Å². The van der Waals surface area contributed by atoms with E-state index in [-0.39, 0.29) is 12.5 Å². The molecule has 71 heavy (non-hydrogen) atoms. The van der Waals surface area contributed by atoms with Gasteiger partial charge in [0.05, 0.1) is 25.4 Å². The molecule has 0 aromatic rings. The van der Waals surface area contributed by atoms with Crippen LogP contribution in [0.5, 0.6) is 0 Å². The summed E-state index contributed by atoms with van der Waals surface area (Å²) < 4.78 is 11.2. The molecule has 9 heteroatoms. The van der Waals surface area contributed by atoms with Gasteiger partial charge < -0.3 is 40.3 Å². The Kier molecular flexibility index (Phi) is 48.8. The van der Waals surface area contributed by atoms with Crippen molar-refractivity contribution in [1.29, 1.82) is 0 Å². The maximum atomic E-state index is 13.0. The Hall–Kier alpha value is -1.85. The summed E-state index contributed by atoms with van der Waals surface area (Å²) in [4.78, 5) is 13.0. The van der Waals surface area contributed by atoms with Gasteiger partial charge >= 0.3 is 0 Å². The largest absolute Gasteiger partial charge is 0.394 e. The van der Waals surface area contributed by atoms with E-state index >= 15 is 0 Å². The average molecular weight is 1000 g/mol. The predicted molar refractivity (Wildman–Crippen MR) is 299 cm³/mol. The van der Waals surface area contributed by atoms with Gasteiger partial charge in [-0.15, -0.1) is 0 Å². The maximum Gasteiger partial charge on any atom is 0.220 e. The molecule has 0 radical (unpaired) electrons. The molecule has 7 unspecified atom stereocenters. The van der Waals surface area contributed by atoms with Gasteiger partial charge in [0, 0.05) is 6.42 Å². The van der Waals surface area contributed by atoms with E-state index in [0.29, 0.717) is 6.42 Å². The number of allylic oxidation sites excluding steroid dienone is 7. The van der Waals surface area contributed by atoms with Crippen LogP contribution in [0.1, 0.15) is 284 Å². The van der Waals surface area contributed by atoms with Gasteiger partial charge in [-0.2, -0.15) is 0 Å². The molecule has 6 N–H and O–H groups in total. The zero-order valence-corrected chi connectivity index (χ0v) is 46.2. The summed E-state index contributed by atoms with van der Waals surface area (Å²) >= 11 is 0. The van der Waals surface area contributed by atoms with Crippen molar-refractivity contribution >= 4 is 5.91 Å². The summed E-state index contributed by atoms with van der Waals surface area (Å²) in [6, 6.07) is -0.827. The zero-order chi connectivity index (χ0) is 51.5. The first kappa shape index (κ1) is 67.2. The molecule has 416 valence electrons. The minimum Gasteiger partial charge on any atom is -0.394 e. The number of aliphatic hydroxyl groups excluding tert-OH is 5. The highest BCUT2D eigenvalue weighted by Gasteiger charge is 2.44. The van der Waals surface area contributed by atoms with Gasteiger partial charge in [-0.3, -0.25) is 4.79 Å². The van der Waals surface area contributed by atoms with Crippen LogP contribution >= 0.6 is 0 Å². The SMILES string of the molecule is CCCCC/C=C/CC/C=C/CC/C=C/C(O)C(COC1OC(CO)C(O)C(O)C1O)NC(=O)CCCCCCCCCCCCCCCCCCC/C=C\CCCCCCCCCCCCCCCC. The third-order valence-electron chi connectivity index (χ3n) is 14.4. The van der Waals surface area contributed by atoms with Gasteiger partial charge in [0.2, 0.25) is 5.91 Å². The number of carbonyl (C=O) groups excluding carboxylic acids is 1. The first-order valence-corrected chi connectivity index (χ1v) is 30.4. The number of hydrogen-bond acceptors (Lipinski definition) is 8. The normalized spacial score (nSPS) is 19.6. The molecule has 9 nitrogen and oxygen atoms in total. The van der Waals surface area contributed by atoms with Crippen LogP contribution in [-0.2, 0) is 14.3 Å². The lowest BCUT2D eigenvalue weighted by Crippen LogP contribution is -2.60. The summed E-state index contributed by atoms with van der Waals surface area (Å²) in [6.45, 7) is 3.74. The van der Waals surface area contributed by atoms with E-state index in [9.17, 15) is 30.3 Å². The summed E-state index contributed by atoms with van der Waals surface area (Å²) in [6.07, 6.45) is 62.2. The highest BCUT2D eigenvalue weighted by molar-refractivity contribution is 5.76. The summed E-state index contributed by atoms with van der Waals surface area (Å²) in [7, 11) is 0. The van der Waals surface area contributed by atoms with Gasteiger partial charge in [-0.05, 0) is 70.6 Å². The molecule has 1 rings (SSSR count). The molecule has 0 aromatic heterocycles. The third-order valence-corrected chi connectivity index (χ3v) is 14.4. The standard InChI is InChI=1S/C62H115NO8/c1-3-5-7-9-11-13-15-17-18-19-20-21-22-23-24-25-26-27-28-29-30-31-32-33-34-35-36-37-38-40-42-44-46-48-50-52-58(66)63-55(54-70-62-61(69)60(68)59(67)57(53-64)71-62)56(65)51-49-47-45-43-41-39-16-14-12-10-8-6-4-2/h12,14,25-26,41,43,49,51,55-57,59-62,64-65,67-69H,3-11,13,15-24,27-40,42,44-48,50,52-54H2,1-2H3,(H,63,66)/b14-12+,26-25-,43-41+,51-49+. The minimum absolute atomic E-state index is 0.189. The molecule has 0 aromatic carbocycles. The number of rotatable bonds is 52. The van der Waals surface area contributed by atoms with Gasteiger partial charge in [0.25, 0.3) is 0 Å². The summed E-state index contributed by atoms with van der Waals surface area (Å²) in [5.41, 5.74) is 0. The zero-order valence-electron chi connectivity index (χ0n) is 46.2. The maximum absolute atomic E-state index is 13.0. The molecule has 1 fully saturated rings. The molecule has 0 aliphatic carbocycles. The molecule has 0 spiro atoms. The highest BCUT2D eigenvalue weighted by Crippen LogP contribution is 2.23. The van der Waals surface area contributed by atoms with Gasteiger partial charge in [-0.25, -0.2) is 0 Å². The van der Waals surface area contributed by atoms with Crippen LogP contribution in [0, 0.1) is 0 Å². The van der Waals surface area contributed by atoms with Gasteiger partial charge in [0.15, 0.2) is 6.29 Å². The molecule has 0 bridgehead atoms. The van der Waals surface area contributed by atoms with E-state index in [2.05, 4.69) is 55.6 Å². The van der Waals surface area contributed by atoms with Gasteiger partial charge in [0.1, 0.15) is 24.4 Å². The van der Waals surface area contributed by atoms with E-state index < -0.39 is 49.5 Å². The number of nitrogens with one attached hydrogen (secondary N) is 1. The molecular weight excluding hydrogens is 887 g/mol. The fourth-order valence-electron chi connectivity index (χ4n) is 9.54. The highest BCUT2D eigenvalue weighted by atomic mass is 16.7. The minimum atomic E-state index is -1.57. The van der Waals surface area contributed by atoms with Crippen molar-refractivity contribution in [3.63, 3.8) is 0 Å². The molecule has 1 heterocycles. The Balaban J connectivity index is 2.09. The second kappa shape index (κ2) is 51.6. The van der Waals surface area contributed by atoms with Crippen LogP contribution in [0.3, 0.4) is 0 Å². The summed E-state index contributed by atoms with van der Waals surface area (Å²) in [5, 5.41) is 54.3. The van der Waals surface area contributed by atoms with Crippen LogP contribution in [0.4, 0.5) is 0 Å². The number of amides is 1. The van der Waals surface area contributed by atoms with Crippen molar-refractivity contribution in [1.82, 2.24) is 5.32 Å². The fraction of sp³-hybridized carbons (Fsp3) is 0.855. The number of hydrogen-bond donors (Lipinski definition) is 6. The second-order valence-electron chi connectivity index (χ2n) is 21.1. The van der Waals surface area contributed by atoms with Crippen molar-refractivity contribution in [3.8, 4) is 0 Å². The molecule has 1 amide bonds. The molecule has 1 aliphatic rings. The Morgan fingerprint density at radius 3 is 1.21 bits per heavy atom. The molecular formula is C62H115NO8. The van der Waals surface area contributed by atoms with Crippen LogP contribution < -0.4 is 5.32 Å². The fourth-order valence-corrected chi connectivity index (χ4v) is 9.54. The Labute approximate surface area is 437 Å². The smallest absolute Gasteiger partial charge is 0.220 e. The lowest BCUT2D eigenvalue weighted by atomic mass is 9.99. The van der Waals surface area contributed by atoms with E-state index in [1.807, 2.05) is 6.08 Å². The molecule has 1 saturated heterocycles.